The van der Waals surface area contributed by atoms with Crippen molar-refractivity contribution < 1.29 is 9.84 Å². The number of nitriles is 1. The first-order valence-electron chi connectivity index (χ1n) is 9.16. The fraction of sp³-hybridized carbons (Fsp3) is 0.350. The summed E-state index contributed by atoms with van der Waals surface area (Å²) in [7, 11) is 0. The van der Waals surface area contributed by atoms with Gasteiger partial charge in [0, 0.05) is 30.4 Å². The molecule has 138 valence electrons. The Morgan fingerprint density at radius 2 is 2.04 bits per heavy atom. The number of aromatic nitrogens is 3. The maximum absolute atomic E-state index is 9.43. The highest BCUT2D eigenvalue weighted by Crippen LogP contribution is 2.31. The lowest BCUT2D eigenvalue weighted by Gasteiger charge is -2.27. The SMILES string of the molecule is N#Cc1cnn2cc(OCCO)cc(-c3ccc(N4CCCCC4)nc3)c12. The van der Waals surface area contributed by atoms with Gasteiger partial charge in [-0.1, -0.05) is 0 Å². The number of aliphatic hydroxyl groups is 1. The lowest BCUT2D eigenvalue weighted by Crippen LogP contribution is -2.29. The van der Waals surface area contributed by atoms with E-state index in [2.05, 4.69) is 21.1 Å². The van der Waals surface area contributed by atoms with Gasteiger partial charge >= 0.3 is 0 Å². The number of ether oxygens (including phenoxy) is 1. The van der Waals surface area contributed by atoms with E-state index in [4.69, 9.17) is 9.84 Å². The van der Waals surface area contributed by atoms with Gasteiger partial charge in [-0.15, -0.1) is 0 Å². The molecule has 1 aliphatic rings. The highest BCUT2D eigenvalue weighted by Gasteiger charge is 2.16. The molecule has 4 heterocycles. The van der Waals surface area contributed by atoms with Crippen LogP contribution in [-0.4, -0.2) is 46.0 Å². The first-order chi connectivity index (χ1) is 13.3. The van der Waals surface area contributed by atoms with Crippen molar-refractivity contribution in [2.75, 3.05) is 31.2 Å². The Balaban J connectivity index is 1.74. The summed E-state index contributed by atoms with van der Waals surface area (Å²) in [6.07, 6.45) is 8.79. The van der Waals surface area contributed by atoms with Gasteiger partial charge in [0.05, 0.1) is 30.1 Å². The third kappa shape index (κ3) is 3.44. The topological polar surface area (TPSA) is 86.7 Å². The van der Waals surface area contributed by atoms with Gasteiger partial charge in [-0.2, -0.15) is 10.4 Å². The zero-order valence-electron chi connectivity index (χ0n) is 15.0. The second kappa shape index (κ2) is 7.64. The molecule has 1 saturated heterocycles. The molecular formula is C20H21N5O2. The number of rotatable bonds is 5. The lowest BCUT2D eigenvalue weighted by atomic mass is 10.0. The number of fused-ring (bicyclic) bond motifs is 1. The van der Waals surface area contributed by atoms with E-state index in [0.717, 1.165) is 35.6 Å². The Morgan fingerprint density at radius 1 is 1.19 bits per heavy atom. The van der Waals surface area contributed by atoms with Gasteiger partial charge in [0.2, 0.25) is 0 Å². The third-order valence-electron chi connectivity index (χ3n) is 4.81. The van der Waals surface area contributed by atoms with Gasteiger partial charge in [0.15, 0.2) is 0 Å². The molecule has 7 heteroatoms. The predicted octanol–water partition coefficient (Wildman–Crippen LogP) is 2.63. The summed E-state index contributed by atoms with van der Waals surface area (Å²) in [5, 5.41) is 22.7. The van der Waals surface area contributed by atoms with Crippen LogP contribution in [0.3, 0.4) is 0 Å². The lowest BCUT2D eigenvalue weighted by molar-refractivity contribution is 0.201. The molecule has 7 nitrogen and oxygen atoms in total. The normalized spacial score (nSPS) is 14.3. The molecule has 0 spiro atoms. The zero-order chi connectivity index (χ0) is 18.6. The Bertz CT molecular complexity index is 968. The fourth-order valence-electron chi connectivity index (χ4n) is 3.50. The van der Waals surface area contributed by atoms with E-state index in [1.807, 2.05) is 24.4 Å². The molecular weight excluding hydrogens is 342 g/mol. The minimum atomic E-state index is -0.0674. The largest absolute Gasteiger partial charge is 0.490 e. The van der Waals surface area contributed by atoms with E-state index < -0.39 is 0 Å². The van der Waals surface area contributed by atoms with E-state index >= 15 is 0 Å². The number of nitrogens with zero attached hydrogens (tertiary/aromatic N) is 5. The summed E-state index contributed by atoms with van der Waals surface area (Å²) in [6.45, 7) is 2.22. The summed E-state index contributed by atoms with van der Waals surface area (Å²) in [5.74, 6) is 1.57. The van der Waals surface area contributed by atoms with Crippen LogP contribution in [0.15, 0.2) is 36.8 Å². The standard InChI is InChI=1S/C20H21N5O2/c21-11-16-13-23-25-14-17(27-9-8-26)10-18(20(16)25)15-4-5-19(22-12-15)24-6-2-1-3-7-24/h4-5,10,12-14,26H,1-3,6-9H2. The van der Waals surface area contributed by atoms with E-state index in [0.29, 0.717) is 11.3 Å². The van der Waals surface area contributed by atoms with Crippen molar-refractivity contribution >= 4 is 11.3 Å². The van der Waals surface area contributed by atoms with E-state index in [-0.39, 0.29) is 13.2 Å². The van der Waals surface area contributed by atoms with E-state index in [9.17, 15) is 5.26 Å². The van der Waals surface area contributed by atoms with Crippen molar-refractivity contribution in [2.45, 2.75) is 19.3 Å². The summed E-state index contributed by atoms with van der Waals surface area (Å²) in [5.41, 5.74) is 2.95. The minimum Gasteiger partial charge on any atom is -0.490 e. The van der Waals surface area contributed by atoms with Gasteiger partial charge in [-0.05, 0) is 37.5 Å². The van der Waals surface area contributed by atoms with Crippen LogP contribution in [0.5, 0.6) is 5.75 Å². The second-order valence-electron chi connectivity index (χ2n) is 6.58. The van der Waals surface area contributed by atoms with Crippen LogP contribution in [0, 0.1) is 11.3 Å². The third-order valence-corrected chi connectivity index (χ3v) is 4.81. The Kier molecular flexibility index (Phi) is 4.90. The molecule has 1 fully saturated rings. The Labute approximate surface area is 157 Å². The molecule has 0 bridgehead atoms. The molecule has 0 unspecified atom stereocenters. The maximum Gasteiger partial charge on any atom is 0.138 e. The van der Waals surface area contributed by atoms with Crippen LogP contribution >= 0.6 is 0 Å². The van der Waals surface area contributed by atoms with E-state index in [1.165, 1.54) is 19.3 Å². The first-order valence-corrected chi connectivity index (χ1v) is 9.16. The summed E-state index contributed by atoms with van der Waals surface area (Å²) in [4.78, 5) is 6.96. The smallest absolute Gasteiger partial charge is 0.138 e. The highest BCUT2D eigenvalue weighted by molar-refractivity contribution is 5.85. The molecule has 0 amide bonds. The average Bonchev–Trinajstić information content (AvgIpc) is 3.15. The molecule has 4 rings (SSSR count). The Morgan fingerprint density at radius 3 is 2.74 bits per heavy atom. The van der Waals surface area contributed by atoms with Crippen molar-refractivity contribution in [3.8, 4) is 22.9 Å². The molecule has 0 saturated carbocycles. The molecule has 27 heavy (non-hydrogen) atoms. The zero-order valence-corrected chi connectivity index (χ0v) is 15.0. The van der Waals surface area contributed by atoms with Crippen LogP contribution in [0.1, 0.15) is 24.8 Å². The summed E-state index contributed by atoms with van der Waals surface area (Å²) in [6, 6.07) is 8.11. The number of hydrogen-bond acceptors (Lipinski definition) is 6. The summed E-state index contributed by atoms with van der Waals surface area (Å²) < 4.78 is 7.20. The highest BCUT2D eigenvalue weighted by atomic mass is 16.5. The number of piperidine rings is 1. The van der Waals surface area contributed by atoms with E-state index in [1.54, 1.807) is 16.9 Å². The number of hydrogen-bond donors (Lipinski definition) is 1. The van der Waals surface area contributed by atoms with Gasteiger partial charge in [0.1, 0.15) is 24.2 Å². The fourth-order valence-corrected chi connectivity index (χ4v) is 3.50. The second-order valence-corrected chi connectivity index (χ2v) is 6.58. The number of aliphatic hydroxyl groups excluding tert-OH is 1. The molecule has 0 aromatic carbocycles. The number of anilines is 1. The summed E-state index contributed by atoms with van der Waals surface area (Å²) >= 11 is 0. The van der Waals surface area contributed by atoms with Crippen molar-refractivity contribution in [2.24, 2.45) is 0 Å². The molecule has 3 aromatic rings. The van der Waals surface area contributed by atoms with Crippen LogP contribution < -0.4 is 9.64 Å². The molecule has 0 aliphatic carbocycles. The van der Waals surface area contributed by atoms with Gasteiger partial charge in [-0.3, -0.25) is 0 Å². The van der Waals surface area contributed by atoms with Crippen LogP contribution in [0.4, 0.5) is 5.82 Å². The van der Waals surface area contributed by atoms with Gasteiger partial charge in [0.25, 0.3) is 0 Å². The Hall–Kier alpha value is -3.11. The molecule has 0 radical (unpaired) electrons. The minimum absolute atomic E-state index is 0.0674. The van der Waals surface area contributed by atoms with Crippen LogP contribution in [0.2, 0.25) is 0 Å². The molecule has 3 aromatic heterocycles. The quantitative estimate of drug-likeness (QED) is 0.750. The van der Waals surface area contributed by atoms with Crippen LogP contribution in [0.25, 0.3) is 16.6 Å². The molecule has 1 N–H and O–H groups in total. The number of pyridine rings is 2. The van der Waals surface area contributed by atoms with Crippen LogP contribution in [-0.2, 0) is 0 Å². The van der Waals surface area contributed by atoms with Crippen molar-refractivity contribution in [3.05, 3.63) is 42.4 Å². The van der Waals surface area contributed by atoms with Crippen molar-refractivity contribution in [1.82, 2.24) is 14.6 Å². The van der Waals surface area contributed by atoms with Gasteiger partial charge < -0.3 is 14.7 Å². The van der Waals surface area contributed by atoms with Crippen molar-refractivity contribution in [3.63, 3.8) is 0 Å². The maximum atomic E-state index is 9.43. The first kappa shape index (κ1) is 17.3. The van der Waals surface area contributed by atoms with Gasteiger partial charge in [-0.25, -0.2) is 9.50 Å². The average molecular weight is 363 g/mol. The van der Waals surface area contributed by atoms with Crippen molar-refractivity contribution in [1.29, 1.82) is 5.26 Å². The molecule has 0 atom stereocenters. The predicted molar refractivity (Wildman–Crippen MR) is 102 cm³/mol. The molecule has 1 aliphatic heterocycles. The monoisotopic (exact) mass is 363 g/mol.